The lowest BCUT2D eigenvalue weighted by atomic mass is 10.2. The Bertz CT molecular complexity index is 575. The molecule has 0 spiro atoms. The van der Waals surface area contributed by atoms with Crippen LogP contribution in [0.2, 0.25) is 0 Å². The van der Waals surface area contributed by atoms with Gasteiger partial charge in [0.15, 0.2) is 6.61 Å². The molecule has 2 rings (SSSR count). The highest BCUT2D eigenvalue weighted by Crippen LogP contribution is 2.17. The van der Waals surface area contributed by atoms with Gasteiger partial charge in [0.25, 0.3) is 0 Å². The van der Waals surface area contributed by atoms with E-state index in [2.05, 4.69) is 21.2 Å². The Morgan fingerprint density at radius 2 is 1.95 bits per heavy atom. The molecule has 0 atom stereocenters. The first-order valence-electron chi connectivity index (χ1n) is 5.86. The van der Waals surface area contributed by atoms with Crippen LogP contribution >= 0.6 is 15.9 Å². The normalized spacial score (nSPS) is 9.68. The first kappa shape index (κ1) is 13.4. The summed E-state index contributed by atoms with van der Waals surface area (Å²) in [5.41, 5.74) is 2.17. The lowest BCUT2D eigenvalue weighted by Gasteiger charge is -2.08. The molecule has 3 nitrogen and oxygen atoms in total. The molecule has 0 aliphatic rings. The number of nitrogens with zero attached hydrogens (tertiary/aromatic N) is 1. The van der Waals surface area contributed by atoms with Crippen LogP contribution in [-0.2, 0) is 6.54 Å². The Hall–Kier alpha value is -1.99. The van der Waals surface area contributed by atoms with Crippen LogP contribution in [-0.4, -0.2) is 6.61 Å². The van der Waals surface area contributed by atoms with E-state index in [0.717, 1.165) is 21.5 Å². The van der Waals surface area contributed by atoms with E-state index in [1.165, 1.54) is 0 Å². The standard InChI is InChI=1S/C15H13BrN2O/c16-13-4-6-14(7-5-13)18-11-12-2-1-3-15(10-12)19-9-8-17/h1-7,10,18H,9,11H2. The molecule has 0 saturated carbocycles. The maximum absolute atomic E-state index is 8.48. The second-order valence-electron chi connectivity index (χ2n) is 3.95. The molecular weight excluding hydrogens is 304 g/mol. The van der Waals surface area contributed by atoms with E-state index in [0.29, 0.717) is 6.54 Å². The number of anilines is 1. The fraction of sp³-hybridized carbons (Fsp3) is 0.133. The van der Waals surface area contributed by atoms with Crippen LogP contribution in [0, 0.1) is 11.3 Å². The summed E-state index contributed by atoms with van der Waals surface area (Å²) < 4.78 is 6.33. The molecule has 4 heteroatoms. The third kappa shape index (κ3) is 4.31. The van der Waals surface area contributed by atoms with Crippen molar-refractivity contribution in [1.29, 1.82) is 5.26 Å². The maximum atomic E-state index is 8.48. The topological polar surface area (TPSA) is 45.0 Å². The van der Waals surface area contributed by atoms with Crippen LogP contribution in [0.5, 0.6) is 5.75 Å². The molecule has 0 heterocycles. The van der Waals surface area contributed by atoms with Crippen molar-refractivity contribution in [2.75, 3.05) is 11.9 Å². The van der Waals surface area contributed by atoms with E-state index in [1.807, 2.05) is 54.6 Å². The minimum Gasteiger partial charge on any atom is -0.479 e. The van der Waals surface area contributed by atoms with E-state index < -0.39 is 0 Å². The van der Waals surface area contributed by atoms with Crippen LogP contribution in [0.25, 0.3) is 0 Å². The Labute approximate surface area is 121 Å². The highest BCUT2D eigenvalue weighted by Gasteiger charge is 1.98. The molecule has 2 aromatic rings. The SMILES string of the molecule is N#CCOc1cccc(CNc2ccc(Br)cc2)c1. The van der Waals surface area contributed by atoms with Crippen molar-refractivity contribution in [1.82, 2.24) is 0 Å². The highest BCUT2D eigenvalue weighted by atomic mass is 79.9. The molecular formula is C15H13BrN2O. The Kier molecular flexibility index (Phi) is 4.82. The molecule has 0 aliphatic carbocycles. The molecule has 0 saturated heterocycles. The van der Waals surface area contributed by atoms with Crippen molar-refractivity contribution in [2.24, 2.45) is 0 Å². The van der Waals surface area contributed by atoms with Gasteiger partial charge in [0.1, 0.15) is 11.8 Å². The van der Waals surface area contributed by atoms with Crippen LogP contribution in [0.15, 0.2) is 53.0 Å². The zero-order chi connectivity index (χ0) is 13.5. The number of halogens is 1. The Balaban J connectivity index is 1.95. The third-order valence-corrected chi connectivity index (χ3v) is 3.07. The van der Waals surface area contributed by atoms with Crippen LogP contribution in [0.1, 0.15) is 5.56 Å². The first-order chi connectivity index (χ1) is 9.28. The number of hydrogen-bond donors (Lipinski definition) is 1. The van der Waals surface area contributed by atoms with Crippen molar-refractivity contribution in [3.05, 3.63) is 58.6 Å². The van der Waals surface area contributed by atoms with Gasteiger partial charge in [-0.15, -0.1) is 0 Å². The summed E-state index contributed by atoms with van der Waals surface area (Å²) in [5, 5.41) is 11.8. The molecule has 0 radical (unpaired) electrons. The molecule has 1 N–H and O–H groups in total. The Morgan fingerprint density at radius 1 is 1.16 bits per heavy atom. The van der Waals surface area contributed by atoms with Crippen LogP contribution in [0.4, 0.5) is 5.69 Å². The third-order valence-electron chi connectivity index (χ3n) is 2.54. The fourth-order valence-corrected chi connectivity index (χ4v) is 1.90. The van der Waals surface area contributed by atoms with Crippen molar-refractivity contribution in [3.63, 3.8) is 0 Å². The first-order valence-corrected chi connectivity index (χ1v) is 6.65. The van der Waals surface area contributed by atoms with Gasteiger partial charge in [-0.05, 0) is 42.0 Å². The monoisotopic (exact) mass is 316 g/mol. The minimum atomic E-state index is 0.0730. The summed E-state index contributed by atoms with van der Waals surface area (Å²) in [6.45, 7) is 0.787. The van der Waals surface area contributed by atoms with Gasteiger partial charge in [-0.25, -0.2) is 0 Å². The largest absolute Gasteiger partial charge is 0.479 e. The van der Waals surface area contributed by atoms with Gasteiger partial charge in [0, 0.05) is 16.7 Å². The average molecular weight is 317 g/mol. The number of nitriles is 1. The molecule has 19 heavy (non-hydrogen) atoms. The lowest BCUT2D eigenvalue weighted by molar-refractivity contribution is 0.368. The smallest absolute Gasteiger partial charge is 0.174 e. The minimum absolute atomic E-state index is 0.0730. The van der Waals surface area contributed by atoms with Crippen molar-refractivity contribution in [2.45, 2.75) is 6.54 Å². The van der Waals surface area contributed by atoms with Crippen molar-refractivity contribution in [3.8, 4) is 11.8 Å². The zero-order valence-corrected chi connectivity index (χ0v) is 11.9. The van der Waals surface area contributed by atoms with Crippen LogP contribution in [0.3, 0.4) is 0 Å². The lowest BCUT2D eigenvalue weighted by Crippen LogP contribution is -2.00. The summed E-state index contributed by atoms with van der Waals surface area (Å²) >= 11 is 3.40. The highest BCUT2D eigenvalue weighted by molar-refractivity contribution is 9.10. The van der Waals surface area contributed by atoms with Gasteiger partial charge in [-0.2, -0.15) is 5.26 Å². The van der Waals surface area contributed by atoms with Gasteiger partial charge < -0.3 is 10.1 Å². The number of hydrogen-bond acceptors (Lipinski definition) is 3. The van der Waals surface area contributed by atoms with Gasteiger partial charge in [-0.1, -0.05) is 28.1 Å². The number of benzene rings is 2. The van der Waals surface area contributed by atoms with Crippen molar-refractivity contribution < 1.29 is 4.74 Å². The number of ether oxygens (including phenoxy) is 1. The summed E-state index contributed by atoms with van der Waals surface area (Å²) in [6.07, 6.45) is 0. The Morgan fingerprint density at radius 3 is 2.68 bits per heavy atom. The zero-order valence-electron chi connectivity index (χ0n) is 10.3. The molecule has 0 aromatic heterocycles. The van der Waals surface area contributed by atoms with Gasteiger partial charge in [-0.3, -0.25) is 0 Å². The molecule has 96 valence electrons. The summed E-state index contributed by atoms with van der Waals surface area (Å²) in [6, 6.07) is 17.7. The molecule has 0 amide bonds. The predicted octanol–water partition coefficient (Wildman–Crippen LogP) is 3.96. The molecule has 0 bridgehead atoms. The fourth-order valence-electron chi connectivity index (χ4n) is 1.63. The average Bonchev–Trinajstić information content (AvgIpc) is 2.45. The van der Waals surface area contributed by atoms with Crippen molar-refractivity contribution >= 4 is 21.6 Å². The number of rotatable bonds is 5. The molecule has 0 aliphatic heterocycles. The van der Waals surface area contributed by atoms with E-state index in [9.17, 15) is 0 Å². The summed E-state index contributed by atoms with van der Waals surface area (Å²) in [7, 11) is 0. The van der Waals surface area contributed by atoms with Gasteiger partial charge in [0.05, 0.1) is 0 Å². The van der Waals surface area contributed by atoms with Crippen LogP contribution < -0.4 is 10.1 Å². The second kappa shape index (κ2) is 6.81. The number of nitrogens with one attached hydrogen (secondary N) is 1. The van der Waals surface area contributed by atoms with E-state index in [1.54, 1.807) is 0 Å². The molecule has 2 aromatic carbocycles. The van der Waals surface area contributed by atoms with E-state index >= 15 is 0 Å². The predicted molar refractivity (Wildman–Crippen MR) is 79.0 cm³/mol. The van der Waals surface area contributed by atoms with E-state index in [-0.39, 0.29) is 6.61 Å². The maximum Gasteiger partial charge on any atom is 0.174 e. The van der Waals surface area contributed by atoms with E-state index in [4.69, 9.17) is 10.00 Å². The summed E-state index contributed by atoms with van der Waals surface area (Å²) in [4.78, 5) is 0. The van der Waals surface area contributed by atoms with Gasteiger partial charge in [0.2, 0.25) is 0 Å². The second-order valence-corrected chi connectivity index (χ2v) is 4.87. The summed E-state index contributed by atoms with van der Waals surface area (Å²) in [5.74, 6) is 0.719. The molecule has 0 fully saturated rings. The molecule has 0 unspecified atom stereocenters. The van der Waals surface area contributed by atoms with Gasteiger partial charge >= 0.3 is 0 Å². The quantitative estimate of drug-likeness (QED) is 0.908.